The van der Waals surface area contributed by atoms with Gasteiger partial charge < -0.3 is 14.8 Å². The van der Waals surface area contributed by atoms with Gasteiger partial charge in [-0.3, -0.25) is 9.59 Å². The second kappa shape index (κ2) is 10.2. The van der Waals surface area contributed by atoms with Gasteiger partial charge in [-0.1, -0.05) is 35.3 Å². The van der Waals surface area contributed by atoms with Gasteiger partial charge in [-0.2, -0.15) is 0 Å². The molecule has 27 heavy (non-hydrogen) atoms. The highest BCUT2D eigenvalue weighted by atomic mass is 35.5. The number of hydrogen-bond acceptors (Lipinski definition) is 4. The minimum absolute atomic E-state index is 0.00881. The quantitative estimate of drug-likeness (QED) is 0.634. The second-order valence-corrected chi connectivity index (χ2v) is 6.48. The summed E-state index contributed by atoms with van der Waals surface area (Å²) in [6.45, 7) is 4.46. The SMILES string of the molecule is CCOC(=O)CC(NC(=O)c1ccc(Cl)c(Cl)c1)c1ccc(OCC)cc1. The first kappa shape index (κ1) is 21.1. The summed E-state index contributed by atoms with van der Waals surface area (Å²) in [7, 11) is 0. The fraction of sp³-hybridized carbons (Fsp3) is 0.300. The number of halogens is 2. The van der Waals surface area contributed by atoms with E-state index in [0.717, 1.165) is 5.56 Å². The van der Waals surface area contributed by atoms with Crippen LogP contribution in [0.3, 0.4) is 0 Å². The van der Waals surface area contributed by atoms with Crippen LogP contribution in [0.2, 0.25) is 10.0 Å². The molecule has 0 radical (unpaired) electrons. The summed E-state index contributed by atoms with van der Waals surface area (Å²) >= 11 is 11.9. The van der Waals surface area contributed by atoms with E-state index in [2.05, 4.69) is 5.32 Å². The lowest BCUT2D eigenvalue weighted by molar-refractivity contribution is -0.143. The Morgan fingerprint density at radius 3 is 2.30 bits per heavy atom. The fourth-order valence-electron chi connectivity index (χ4n) is 2.48. The van der Waals surface area contributed by atoms with Gasteiger partial charge in [0.1, 0.15) is 5.75 Å². The maximum absolute atomic E-state index is 12.6. The lowest BCUT2D eigenvalue weighted by Gasteiger charge is -2.19. The first-order chi connectivity index (χ1) is 12.9. The van der Waals surface area contributed by atoms with Crippen LogP contribution < -0.4 is 10.1 Å². The molecule has 5 nitrogen and oxygen atoms in total. The summed E-state index contributed by atoms with van der Waals surface area (Å²) in [6, 6.07) is 11.3. The van der Waals surface area contributed by atoms with Crippen LogP contribution in [0.15, 0.2) is 42.5 Å². The average Bonchev–Trinajstić information content (AvgIpc) is 2.64. The Labute approximate surface area is 168 Å². The highest BCUT2D eigenvalue weighted by molar-refractivity contribution is 6.42. The predicted molar refractivity (Wildman–Crippen MR) is 106 cm³/mol. The van der Waals surface area contributed by atoms with Crippen molar-refractivity contribution in [2.45, 2.75) is 26.3 Å². The molecule has 0 aromatic heterocycles. The molecule has 2 aromatic carbocycles. The zero-order valence-corrected chi connectivity index (χ0v) is 16.6. The molecule has 1 atom stereocenters. The summed E-state index contributed by atoms with van der Waals surface area (Å²) < 4.78 is 10.5. The van der Waals surface area contributed by atoms with Gasteiger partial charge in [-0.05, 0) is 49.7 Å². The van der Waals surface area contributed by atoms with E-state index >= 15 is 0 Å². The van der Waals surface area contributed by atoms with Gasteiger partial charge in [-0.15, -0.1) is 0 Å². The number of carbonyl (C=O) groups excluding carboxylic acids is 2. The molecule has 7 heteroatoms. The van der Waals surface area contributed by atoms with Gasteiger partial charge in [0.15, 0.2) is 0 Å². The zero-order valence-electron chi connectivity index (χ0n) is 15.1. The standard InChI is InChI=1S/C20H21Cl2NO4/c1-3-26-15-8-5-13(6-9-15)18(12-19(24)27-4-2)23-20(25)14-7-10-16(21)17(22)11-14/h5-11,18H,3-4,12H2,1-2H3,(H,23,25). The van der Waals surface area contributed by atoms with Crippen molar-refractivity contribution >= 4 is 35.1 Å². The summed E-state index contributed by atoms with van der Waals surface area (Å²) in [5.41, 5.74) is 1.11. The molecule has 1 amide bonds. The van der Waals surface area contributed by atoms with E-state index in [9.17, 15) is 9.59 Å². The van der Waals surface area contributed by atoms with Crippen molar-refractivity contribution in [3.63, 3.8) is 0 Å². The van der Waals surface area contributed by atoms with Crippen LogP contribution >= 0.6 is 23.2 Å². The van der Waals surface area contributed by atoms with E-state index in [1.54, 1.807) is 31.2 Å². The smallest absolute Gasteiger partial charge is 0.308 e. The number of hydrogen-bond donors (Lipinski definition) is 1. The predicted octanol–water partition coefficient (Wildman–Crippen LogP) is 4.82. The van der Waals surface area contributed by atoms with Crippen molar-refractivity contribution in [3.8, 4) is 5.75 Å². The molecule has 0 saturated carbocycles. The number of rotatable bonds is 8. The first-order valence-corrected chi connectivity index (χ1v) is 9.34. The summed E-state index contributed by atoms with van der Waals surface area (Å²) in [6.07, 6.45) is 0.00881. The molecule has 0 spiro atoms. The largest absolute Gasteiger partial charge is 0.494 e. The number of carbonyl (C=O) groups is 2. The van der Waals surface area contributed by atoms with Crippen molar-refractivity contribution in [1.82, 2.24) is 5.32 Å². The number of esters is 1. The highest BCUT2D eigenvalue weighted by Crippen LogP contribution is 2.25. The van der Waals surface area contributed by atoms with Crippen molar-refractivity contribution in [2.75, 3.05) is 13.2 Å². The minimum atomic E-state index is -0.554. The van der Waals surface area contributed by atoms with Crippen LogP contribution in [0, 0.1) is 0 Å². The van der Waals surface area contributed by atoms with E-state index in [4.69, 9.17) is 32.7 Å². The molecule has 0 aliphatic carbocycles. The molecule has 0 saturated heterocycles. The van der Waals surface area contributed by atoms with E-state index in [-0.39, 0.29) is 24.0 Å². The molecular formula is C20H21Cl2NO4. The van der Waals surface area contributed by atoms with Gasteiger partial charge in [0, 0.05) is 5.56 Å². The van der Waals surface area contributed by atoms with Crippen LogP contribution in [0.5, 0.6) is 5.75 Å². The van der Waals surface area contributed by atoms with Crippen LogP contribution in [0.25, 0.3) is 0 Å². The first-order valence-electron chi connectivity index (χ1n) is 8.58. The van der Waals surface area contributed by atoms with Crippen molar-refractivity contribution < 1.29 is 19.1 Å². The molecule has 144 valence electrons. The number of amides is 1. The Morgan fingerprint density at radius 1 is 1.00 bits per heavy atom. The minimum Gasteiger partial charge on any atom is -0.494 e. The van der Waals surface area contributed by atoms with Gasteiger partial charge >= 0.3 is 5.97 Å². The summed E-state index contributed by atoms with van der Waals surface area (Å²) in [5.74, 6) is -0.0467. The Morgan fingerprint density at radius 2 is 1.70 bits per heavy atom. The molecular weight excluding hydrogens is 389 g/mol. The van der Waals surface area contributed by atoms with Crippen LogP contribution in [0.1, 0.15) is 42.2 Å². The molecule has 0 heterocycles. The Kier molecular flexibility index (Phi) is 7.95. The third-order valence-electron chi connectivity index (χ3n) is 3.76. The third-order valence-corrected chi connectivity index (χ3v) is 4.50. The normalized spacial score (nSPS) is 11.6. The number of ether oxygens (including phenoxy) is 2. The average molecular weight is 410 g/mol. The van der Waals surface area contributed by atoms with Crippen molar-refractivity contribution in [2.24, 2.45) is 0 Å². The Balaban J connectivity index is 2.21. The van der Waals surface area contributed by atoms with Gasteiger partial charge in [0.25, 0.3) is 5.91 Å². The van der Waals surface area contributed by atoms with E-state index in [1.165, 1.54) is 6.07 Å². The number of benzene rings is 2. The lowest BCUT2D eigenvalue weighted by Crippen LogP contribution is -2.30. The molecule has 0 fully saturated rings. The van der Waals surface area contributed by atoms with Crippen molar-refractivity contribution in [3.05, 3.63) is 63.6 Å². The lowest BCUT2D eigenvalue weighted by atomic mass is 10.0. The van der Waals surface area contributed by atoms with E-state index < -0.39 is 12.0 Å². The van der Waals surface area contributed by atoms with Crippen molar-refractivity contribution in [1.29, 1.82) is 0 Å². The molecule has 1 N–H and O–H groups in total. The molecule has 0 aliphatic rings. The maximum atomic E-state index is 12.6. The Bertz CT molecular complexity index is 793. The van der Waals surface area contributed by atoms with Gasteiger partial charge in [-0.25, -0.2) is 0 Å². The highest BCUT2D eigenvalue weighted by Gasteiger charge is 2.20. The summed E-state index contributed by atoms with van der Waals surface area (Å²) in [4.78, 5) is 24.6. The molecule has 1 unspecified atom stereocenters. The molecule has 2 rings (SSSR count). The molecule has 2 aromatic rings. The van der Waals surface area contributed by atoms with Crippen LogP contribution in [0.4, 0.5) is 0 Å². The summed E-state index contributed by atoms with van der Waals surface area (Å²) in [5, 5.41) is 3.50. The van der Waals surface area contributed by atoms with Gasteiger partial charge in [0.2, 0.25) is 0 Å². The van der Waals surface area contributed by atoms with E-state index in [0.29, 0.717) is 22.9 Å². The monoisotopic (exact) mass is 409 g/mol. The third kappa shape index (κ3) is 6.15. The maximum Gasteiger partial charge on any atom is 0.308 e. The van der Waals surface area contributed by atoms with Gasteiger partial charge in [0.05, 0.1) is 35.7 Å². The second-order valence-electron chi connectivity index (χ2n) is 5.67. The van der Waals surface area contributed by atoms with E-state index in [1.807, 2.05) is 19.1 Å². The Hall–Kier alpha value is -2.24. The molecule has 0 bridgehead atoms. The number of nitrogens with one attached hydrogen (secondary N) is 1. The molecule has 0 aliphatic heterocycles. The topological polar surface area (TPSA) is 64.6 Å². The van der Waals surface area contributed by atoms with Crippen LogP contribution in [-0.2, 0) is 9.53 Å². The van der Waals surface area contributed by atoms with Crippen LogP contribution in [-0.4, -0.2) is 25.1 Å². The zero-order chi connectivity index (χ0) is 19.8. The fourth-order valence-corrected chi connectivity index (χ4v) is 2.78.